The number of hydrogen-bond donors (Lipinski definition) is 3. The standard InChI is InChI=1S/C45H57N7O10/c1-28(50(8)43(59)62-45(5,6)7)40(55)46-24-38(53)51-26-34(23-37(51)41(56)47-36(42(57)58)22-30-13-17-31-11-9-10-12-32(31)21-30)52-25-33(48-49-52)27-60-35-18-14-29(15-19-35)16-20-39(54)61-44(2,3)4/h9-15,17-19,21,25,28,34,36-37H,16,20,22-24,26-27H2,1-8H3,(H,46,55)(H,47,56)(H,57,58)/t28-,34-,36-,37-/m0/s1. The minimum Gasteiger partial charge on any atom is -0.487 e. The molecule has 5 rings (SSSR count). The second-order valence-electron chi connectivity index (χ2n) is 17.4. The lowest BCUT2D eigenvalue weighted by atomic mass is 10.0. The lowest BCUT2D eigenvalue weighted by Crippen LogP contribution is -2.54. The molecule has 17 heteroatoms. The molecule has 3 aromatic carbocycles. The number of fused-ring (bicyclic) bond motifs is 1. The zero-order valence-corrected chi connectivity index (χ0v) is 36.5. The van der Waals surface area contributed by atoms with E-state index in [-0.39, 0.29) is 38.4 Å². The first-order valence-electron chi connectivity index (χ1n) is 20.5. The number of ether oxygens (including phenoxy) is 3. The van der Waals surface area contributed by atoms with Gasteiger partial charge in [-0.3, -0.25) is 24.1 Å². The van der Waals surface area contributed by atoms with E-state index in [1.807, 2.05) is 75.4 Å². The molecule has 1 saturated heterocycles. The topological polar surface area (TPSA) is 212 Å². The maximum atomic E-state index is 14.0. The fraction of sp³-hybridized carbons (Fsp3) is 0.467. The van der Waals surface area contributed by atoms with Gasteiger partial charge in [-0.05, 0) is 88.9 Å². The van der Waals surface area contributed by atoms with Crippen LogP contribution >= 0.6 is 0 Å². The van der Waals surface area contributed by atoms with Gasteiger partial charge in [0.15, 0.2) is 0 Å². The highest BCUT2D eigenvalue weighted by atomic mass is 16.6. The zero-order valence-electron chi connectivity index (χ0n) is 36.5. The number of amides is 4. The molecule has 332 valence electrons. The molecule has 0 bridgehead atoms. The van der Waals surface area contributed by atoms with Crippen molar-refractivity contribution in [2.75, 3.05) is 20.1 Å². The Hall–Kier alpha value is -6.52. The summed E-state index contributed by atoms with van der Waals surface area (Å²) in [7, 11) is 1.41. The van der Waals surface area contributed by atoms with Crippen LogP contribution in [0.5, 0.6) is 5.75 Å². The number of carboxylic acid groups (broad SMARTS) is 1. The minimum atomic E-state index is -1.31. The van der Waals surface area contributed by atoms with Crippen LogP contribution in [0.1, 0.15) is 84.2 Å². The van der Waals surface area contributed by atoms with Gasteiger partial charge in [-0.2, -0.15) is 0 Å². The summed E-state index contributed by atoms with van der Waals surface area (Å²) in [5.41, 5.74) is 0.786. The van der Waals surface area contributed by atoms with Crippen LogP contribution in [0.25, 0.3) is 10.8 Å². The fourth-order valence-corrected chi connectivity index (χ4v) is 6.79. The highest BCUT2D eigenvalue weighted by Crippen LogP contribution is 2.28. The SMILES string of the molecule is C[C@@H](C(=O)NCC(=O)N1C[C@@H](n2cc(COc3ccc(CCC(=O)OC(C)(C)C)cc3)nn2)C[C@H]1C(=O)N[C@@H](Cc1ccc2ccccc2c1)C(=O)O)N(C)C(=O)OC(C)(C)C. The number of hydrogen-bond acceptors (Lipinski definition) is 11. The van der Waals surface area contributed by atoms with Crippen LogP contribution in [-0.2, 0) is 52.9 Å². The number of benzene rings is 3. The van der Waals surface area contributed by atoms with Crippen LogP contribution in [-0.4, -0.2) is 115 Å². The van der Waals surface area contributed by atoms with E-state index in [0.717, 1.165) is 21.2 Å². The third-order valence-corrected chi connectivity index (χ3v) is 10.1. The van der Waals surface area contributed by atoms with Gasteiger partial charge in [-0.1, -0.05) is 59.8 Å². The van der Waals surface area contributed by atoms with Gasteiger partial charge < -0.3 is 34.9 Å². The molecule has 1 aliphatic rings. The number of likely N-dealkylation sites (tertiary alicyclic amines) is 1. The van der Waals surface area contributed by atoms with Crippen molar-refractivity contribution in [3.05, 3.63) is 89.7 Å². The van der Waals surface area contributed by atoms with Crippen molar-refractivity contribution in [3.63, 3.8) is 0 Å². The second-order valence-corrected chi connectivity index (χ2v) is 17.4. The molecule has 3 N–H and O–H groups in total. The Morgan fingerprint density at radius 3 is 2.23 bits per heavy atom. The third-order valence-electron chi connectivity index (χ3n) is 10.1. The van der Waals surface area contributed by atoms with E-state index < -0.39 is 71.7 Å². The molecule has 4 atom stereocenters. The first kappa shape index (κ1) is 46.5. The van der Waals surface area contributed by atoms with Crippen LogP contribution in [0.4, 0.5) is 4.79 Å². The highest BCUT2D eigenvalue weighted by Gasteiger charge is 2.42. The summed E-state index contributed by atoms with van der Waals surface area (Å²) in [6.45, 7) is 11.6. The number of nitrogens with zero attached hydrogens (tertiary/aromatic N) is 5. The van der Waals surface area contributed by atoms with E-state index in [4.69, 9.17) is 14.2 Å². The monoisotopic (exact) mass is 855 g/mol. The van der Waals surface area contributed by atoms with Crippen LogP contribution < -0.4 is 15.4 Å². The van der Waals surface area contributed by atoms with Crippen LogP contribution in [0.3, 0.4) is 0 Å². The van der Waals surface area contributed by atoms with E-state index in [0.29, 0.717) is 23.4 Å². The number of likely N-dealkylation sites (N-methyl/N-ethyl adjacent to an activating group) is 1. The van der Waals surface area contributed by atoms with Gasteiger partial charge in [0.1, 0.15) is 47.4 Å². The summed E-state index contributed by atoms with van der Waals surface area (Å²) in [6.07, 6.45) is 1.77. The van der Waals surface area contributed by atoms with Crippen LogP contribution in [0.15, 0.2) is 72.9 Å². The largest absolute Gasteiger partial charge is 0.487 e. The summed E-state index contributed by atoms with van der Waals surface area (Å²) in [6, 6.07) is 16.6. The molecule has 0 radical (unpaired) electrons. The number of carbonyl (C=O) groups excluding carboxylic acids is 5. The molecular weight excluding hydrogens is 799 g/mol. The summed E-state index contributed by atoms with van der Waals surface area (Å²) >= 11 is 0. The molecule has 0 saturated carbocycles. The van der Waals surface area contributed by atoms with E-state index in [2.05, 4.69) is 20.9 Å². The third kappa shape index (κ3) is 13.2. The van der Waals surface area contributed by atoms with Crippen molar-refractivity contribution in [1.29, 1.82) is 0 Å². The summed E-state index contributed by atoms with van der Waals surface area (Å²) in [4.78, 5) is 80.5. The predicted octanol–water partition coefficient (Wildman–Crippen LogP) is 4.61. The maximum Gasteiger partial charge on any atom is 0.410 e. The maximum absolute atomic E-state index is 14.0. The Bertz CT molecular complexity index is 2250. The van der Waals surface area contributed by atoms with Crippen LogP contribution in [0, 0.1) is 0 Å². The molecule has 17 nitrogen and oxygen atoms in total. The smallest absolute Gasteiger partial charge is 0.410 e. The minimum absolute atomic E-state index is 0.00299. The Labute approximate surface area is 361 Å². The number of carbonyl (C=O) groups is 6. The van der Waals surface area contributed by atoms with Crippen molar-refractivity contribution in [1.82, 2.24) is 35.4 Å². The summed E-state index contributed by atoms with van der Waals surface area (Å²) in [5, 5.41) is 25.8. The Balaban J connectivity index is 1.26. The number of aromatic nitrogens is 3. The van der Waals surface area contributed by atoms with E-state index in [9.17, 15) is 33.9 Å². The molecule has 1 aromatic heterocycles. The van der Waals surface area contributed by atoms with Crippen molar-refractivity contribution in [3.8, 4) is 5.75 Å². The molecule has 4 amide bonds. The van der Waals surface area contributed by atoms with Crippen molar-refractivity contribution in [2.45, 2.75) is 116 Å². The molecule has 62 heavy (non-hydrogen) atoms. The number of aryl methyl sites for hydroxylation is 1. The zero-order chi connectivity index (χ0) is 45.4. The lowest BCUT2D eigenvalue weighted by molar-refractivity contribution is -0.154. The molecule has 1 fully saturated rings. The van der Waals surface area contributed by atoms with Gasteiger partial charge in [0, 0.05) is 32.9 Å². The molecule has 0 unspecified atom stereocenters. The number of rotatable bonds is 16. The second kappa shape index (κ2) is 19.9. The van der Waals surface area contributed by atoms with Gasteiger partial charge in [-0.15, -0.1) is 5.10 Å². The van der Waals surface area contributed by atoms with Crippen LogP contribution in [0.2, 0.25) is 0 Å². The number of nitrogens with one attached hydrogen (secondary N) is 2. The number of esters is 1. The van der Waals surface area contributed by atoms with E-state index >= 15 is 0 Å². The van der Waals surface area contributed by atoms with E-state index in [1.54, 1.807) is 39.1 Å². The first-order chi connectivity index (χ1) is 29.2. The molecule has 0 spiro atoms. The normalized spacial score (nSPS) is 16.2. The average Bonchev–Trinajstić information content (AvgIpc) is 3.88. The average molecular weight is 856 g/mol. The van der Waals surface area contributed by atoms with Gasteiger partial charge in [-0.25, -0.2) is 14.3 Å². The highest BCUT2D eigenvalue weighted by molar-refractivity contribution is 5.93. The first-order valence-corrected chi connectivity index (χ1v) is 20.5. The molecule has 0 aliphatic carbocycles. The molecule has 4 aromatic rings. The Kier molecular flexibility index (Phi) is 14.9. The molecule has 1 aliphatic heterocycles. The Morgan fingerprint density at radius 2 is 1.56 bits per heavy atom. The number of aliphatic carboxylic acids is 1. The van der Waals surface area contributed by atoms with E-state index in [1.165, 1.54) is 23.6 Å². The van der Waals surface area contributed by atoms with Crippen molar-refractivity contribution in [2.24, 2.45) is 0 Å². The quantitative estimate of drug-likeness (QED) is 0.132. The van der Waals surface area contributed by atoms with Gasteiger partial charge in [0.25, 0.3) is 0 Å². The summed E-state index contributed by atoms with van der Waals surface area (Å²) in [5.74, 6) is -2.86. The molecular formula is C45H57N7O10. The predicted molar refractivity (Wildman–Crippen MR) is 228 cm³/mol. The lowest BCUT2D eigenvalue weighted by Gasteiger charge is -2.28. The van der Waals surface area contributed by atoms with Gasteiger partial charge in [0.2, 0.25) is 17.7 Å². The summed E-state index contributed by atoms with van der Waals surface area (Å²) < 4.78 is 18.2. The molecule has 2 heterocycles. The van der Waals surface area contributed by atoms with Gasteiger partial charge in [0.05, 0.1) is 18.8 Å². The van der Waals surface area contributed by atoms with Crippen molar-refractivity contribution < 1.29 is 48.1 Å². The van der Waals surface area contributed by atoms with Crippen molar-refractivity contribution >= 4 is 46.5 Å². The number of carboxylic acids is 1. The van der Waals surface area contributed by atoms with Gasteiger partial charge >= 0.3 is 18.0 Å². The fourth-order valence-electron chi connectivity index (χ4n) is 6.79. The Morgan fingerprint density at radius 1 is 0.903 bits per heavy atom.